The van der Waals surface area contributed by atoms with Crippen molar-refractivity contribution in [3.63, 3.8) is 0 Å². The molecule has 152 valence electrons. The Morgan fingerprint density at radius 1 is 1.33 bits per heavy atom. The van der Waals surface area contributed by atoms with Gasteiger partial charge in [0.15, 0.2) is 0 Å². The van der Waals surface area contributed by atoms with E-state index >= 15 is 0 Å². The van der Waals surface area contributed by atoms with Crippen LogP contribution in [0.2, 0.25) is 0 Å². The van der Waals surface area contributed by atoms with E-state index in [-0.39, 0.29) is 29.4 Å². The molecule has 1 aliphatic rings. The van der Waals surface area contributed by atoms with Crippen LogP contribution in [0.3, 0.4) is 0 Å². The molecule has 1 aromatic heterocycles. The first-order valence-corrected chi connectivity index (χ1v) is 10.0. The third-order valence-corrected chi connectivity index (χ3v) is 5.04. The molecular weight excluding hydrogens is 346 g/mol. The first kappa shape index (κ1) is 21.2. The largest absolute Gasteiger partial charge is 0.378 e. The molecule has 8 heteroatoms. The predicted molar refractivity (Wildman–Crippen MR) is 108 cm³/mol. The first-order chi connectivity index (χ1) is 12.8. The molecule has 0 aromatic carbocycles. The van der Waals surface area contributed by atoms with Crippen LogP contribution >= 0.6 is 0 Å². The monoisotopic (exact) mass is 379 g/mol. The average molecular weight is 380 g/mol. The molecule has 2 rings (SSSR count). The topological polar surface area (TPSA) is 122 Å². The fraction of sp³-hybridized carbons (Fsp3) is 0.737. The Morgan fingerprint density at radius 3 is 2.67 bits per heavy atom. The maximum atomic E-state index is 12.7. The maximum Gasteiger partial charge on any atom is 0.330 e. The highest BCUT2D eigenvalue weighted by Gasteiger charge is 2.29. The number of aromatic nitrogens is 2. The van der Waals surface area contributed by atoms with Crippen LogP contribution < -0.4 is 27.6 Å². The van der Waals surface area contributed by atoms with Crippen LogP contribution in [-0.2, 0) is 11.3 Å². The van der Waals surface area contributed by atoms with Gasteiger partial charge in [-0.25, -0.2) is 4.79 Å². The molecule has 2 unspecified atom stereocenters. The molecule has 0 aliphatic heterocycles. The van der Waals surface area contributed by atoms with Gasteiger partial charge >= 0.3 is 5.69 Å². The van der Waals surface area contributed by atoms with E-state index in [1.54, 1.807) is 0 Å². The smallest absolute Gasteiger partial charge is 0.330 e. The quantitative estimate of drug-likeness (QED) is 0.522. The third-order valence-electron chi connectivity index (χ3n) is 5.04. The number of carbonyl (C=O) groups is 1. The fourth-order valence-electron chi connectivity index (χ4n) is 3.35. The number of amides is 1. The Hall–Kier alpha value is -2.09. The second-order valence-electron chi connectivity index (χ2n) is 7.86. The van der Waals surface area contributed by atoms with Gasteiger partial charge in [-0.1, -0.05) is 27.2 Å². The number of rotatable bonds is 9. The molecular formula is C19H33N5O3. The minimum atomic E-state index is -0.505. The number of carbonyl (C=O) groups excluding carboxylic acids is 1. The Kier molecular flexibility index (Phi) is 7.65. The van der Waals surface area contributed by atoms with Crippen molar-refractivity contribution >= 4 is 17.4 Å². The van der Waals surface area contributed by atoms with Crippen molar-refractivity contribution in [1.29, 1.82) is 0 Å². The van der Waals surface area contributed by atoms with Gasteiger partial charge in [-0.15, -0.1) is 0 Å². The molecule has 2 atom stereocenters. The molecule has 0 spiro atoms. The number of H-pyrrole nitrogens is 1. The SMILES string of the molecule is CCCCn1c(NC(=O)C2CCC(N)C2)c(NCCC(C)C)c(=O)[nH]c1=O. The highest BCUT2D eigenvalue weighted by atomic mass is 16.2. The van der Waals surface area contributed by atoms with E-state index in [1.807, 2.05) is 6.92 Å². The molecule has 1 fully saturated rings. The van der Waals surface area contributed by atoms with Gasteiger partial charge in [-0.05, 0) is 38.0 Å². The van der Waals surface area contributed by atoms with Gasteiger partial charge in [0.05, 0.1) is 0 Å². The van der Waals surface area contributed by atoms with E-state index in [9.17, 15) is 14.4 Å². The molecule has 0 saturated heterocycles. The third kappa shape index (κ3) is 5.69. The van der Waals surface area contributed by atoms with Crippen molar-refractivity contribution in [3.05, 3.63) is 20.8 Å². The summed E-state index contributed by atoms with van der Waals surface area (Å²) in [4.78, 5) is 39.9. The van der Waals surface area contributed by atoms with Crippen LogP contribution in [0, 0.1) is 11.8 Å². The van der Waals surface area contributed by atoms with Crippen LogP contribution in [0.15, 0.2) is 9.59 Å². The van der Waals surface area contributed by atoms with Gasteiger partial charge in [0.2, 0.25) is 5.91 Å². The number of nitrogens with one attached hydrogen (secondary N) is 3. The van der Waals surface area contributed by atoms with Crippen LogP contribution in [-0.4, -0.2) is 28.0 Å². The van der Waals surface area contributed by atoms with Crippen molar-refractivity contribution in [2.45, 2.75) is 71.9 Å². The summed E-state index contributed by atoms with van der Waals surface area (Å²) in [5.41, 5.74) is 5.17. The van der Waals surface area contributed by atoms with Crippen LogP contribution in [0.25, 0.3) is 0 Å². The van der Waals surface area contributed by atoms with Gasteiger partial charge < -0.3 is 16.4 Å². The second-order valence-corrected chi connectivity index (χ2v) is 7.86. The second kappa shape index (κ2) is 9.73. The number of anilines is 2. The number of nitrogens with two attached hydrogens (primary N) is 1. The average Bonchev–Trinajstić information content (AvgIpc) is 3.03. The van der Waals surface area contributed by atoms with E-state index in [1.165, 1.54) is 4.57 Å². The summed E-state index contributed by atoms with van der Waals surface area (Å²) in [6, 6.07) is 0.0332. The Labute approximate surface area is 159 Å². The van der Waals surface area contributed by atoms with Crippen molar-refractivity contribution in [2.75, 3.05) is 17.2 Å². The van der Waals surface area contributed by atoms with Crippen LogP contribution in [0.1, 0.15) is 59.3 Å². The molecule has 1 saturated carbocycles. The predicted octanol–water partition coefficient (Wildman–Crippen LogP) is 1.86. The lowest BCUT2D eigenvalue weighted by atomic mass is 10.1. The normalized spacial score (nSPS) is 19.4. The van der Waals surface area contributed by atoms with E-state index in [0.29, 0.717) is 25.4 Å². The number of hydrogen-bond donors (Lipinski definition) is 4. The van der Waals surface area contributed by atoms with Gasteiger partial charge in [0.1, 0.15) is 11.5 Å². The van der Waals surface area contributed by atoms with Gasteiger partial charge in [-0.2, -0.15) is 0 Å². The van der Waals surface area contributed by atoms with Gasteiger partial charge in [0.25, 0.3) is 5.56 Å². The standard InChI is InChI=1S/C19H33N5O3/c1-4-5-10-24-16(22-17(25)13-6-7-14(20)11-13)15(18(26)23-19(24)27)21-9-8-12(2)3/h12-14,21H,4-11,20H2,1-3H3,(H,22,25)(H,23,26,27). The summed E-state index contributed by atoms with van der Waals surface area (Å²) in [5, 5.41) is 5.98. The molecule has 1 aliphatic carbocycles. The van der Waals surface area contributed by atoms with E-state index in [2.05, 4.69) is 29.5 Å². The molecule has 1 aromatic rings. The Balaban J connectivity index is 2.34. The zero-order valence-electron chi connectivity index (χ0n) is 16.6. The zero-order chi connectivity index (χ0) is 20.0. The summed E-state index contributed by atoms with van der Waals surface area (Å²) in [5.74, 6) is 0.384. The first-order valence-electron chi connectivity index (χ1n) is 10.0. The maximum absolute atomic E-state index is 12.7. The molecule has 1 amide bonds. The molecule has 27 heavy (non-hydrogen) atoms. The highest BCUT2D eigenvalue weighted by Crippen LogP contribution is 2.26. The number of aromatic amines is 1. The molecule has 1 heterocycles. The van der Waals surface area contributed by atoms with Crippen LogP contribution in [0.4, 0.5) is 11.5 Å². The zero-order valence-corrected chi connectivity index (χ0v) is 16.6. The Morgan fingerprint density at radius 2 is 2.07 bits per heavy atom. The Bertz CT molecular complexity index is 753. The highest BCUT2D eigenvalue weighted by molar-refractivity contribution is 5.94. The van der Waals surface area contributed by atoms with Crippen LogP contribution in [0.5, 0.6) is 0 Å². The van der Waals surface area contributed by atoms with Crippen molar-refractivity contribution < 1.29 is 4.79 Å². The molecule has 0 bridgehead atoms. The minimum absolute atomic E-state index is 0.0332. The summed E-state index contributed by atoms with van der Waals surface area (Å²) >= 11 is 0. The van der Waals surface area contributed by atoms with Crippen molar-refractivity contribution in [1.82, 2.24) is 9.55 Å². The van der Waals surface area contributed by atoms with E-state index in [0.717, 1.165) is 32.1 Å². The van der Waals surface area contributed by atoms with Gasteiger partial charge in [-0.3, -0.25) is 19.1 Å². The van der Waals surface area contributed by atoms with E-state index in [4.69, 9.17) is 5.73 Å². The summed E-state index contributed by atoms with van der Waals surface area (Å²) in [6.45, 7) is 7.24. The summed E-state index contributed by atoms with van der Waals surface area (Å²) in [6.07, 6.45) is 4.71. The summed E-state index contributed by atoms with van der Waals surface area (Å²) < 4.78 is 1.45. The lowest BCUT2D eigenvalue weighted by Gasteiger charge is -2.19. The fourth-order valence-corrected chi connectivity index (χ4v) is 3.35. The summed E-state index contributed by atoms with van der Waals surface area (Å²) in [7, 11) is 0. The van der Waals surface area contributed by atoms with Crippen molar-refractivity contribution in [2.24, 2.45) is 17.6 Å². The lowest BCUT2D eigenvalue weighted by Crippen LogP contribution is -2.36. The van der Waals surface area contributed by atoms with E-state index < -0.39 is 11.2 Å². The number of unbranched alkanes of at least 4 members (excludes halogenated alkanes) is 1. The molecule has 0 radical (unpaired) electrons. The lowest BCUT2D eigenvalue weighted by molar-refractivity contribution is -0.119. The minimum Gasteiger partial charge on any atom is -0.378 e. The number of hydrogen-bond acceptors (Lipinski definition) is 5. The molecule has 8 nitrogen and oxygen atoms in total. The van der Waals surface area contributed by atoms with Crippen molar-refractivity contribution in [3.8, 4) is 0 Å². The number of nitrogens with zero attached hydrogens (tertiary/aromatic N) is 1. The molecule has 5 N–H and O–H groups in total. The van der Waals surface area contributed by atoms with Gasteiger partial charge in [0, 0.05) is 25.0 Å².